The van der Waals surface area contributed by atoms with Crippen molar-refractivity contribution in [1.29, 1.82) is 0 Å². The van der Waals surface area contributed by atoms with Crippen molar-refractivity contribution in [2.24, 2.45) is 0 Å². The molecule has 0 heterocycles. The minimum absolute atomic E-state index is 0.748. The molecule has 0 bridgehead atoms. The quantitative estimate of drug-likeness (QED) is 0.406. The third-order valence-electron chi connectivity index (χ3n) is 0.485. The SMILES string of the molecule is O=BB=BB=B[B]I. The first-order valence-corrected chi connectivity index (χ1v) is 3.37. The molecule has 0 N–H and O–H groups in total. The van der Waals surface area contributed by atoms with Crippen LogP contribution in [0.4, 0.5) is 0 Å². The van der Waals surface area contributed by atoms with Crippen molar-refractivity contribution < 1.29 is 4.70 Å². The van der Waals surface area contributed by atoms with E-state index in [9.17, 15) is 4.70 Å². The summed E-state index contributed by atoms with van der Waals surface area (Å²) in [5.74, 6) is 0. The van der Waals surface area contributed by atoms with Crippen molar-refractivity contribution in [1.82, 2.24) is 0 Å². The van der Waals surface area contributed by atoms with Gasteiger partial charge in [-0.1, -0.05) is 0 Å². The second kappa shape index (κ2) is 7.92. The maximum atomic E-state index is 9.64. The molecule has 0 saturated heterocycles. The average molecular weight is 208 g/mol. The van der Waals surface area contributed by atoms with E-state index in [1.165, 1.54) is 6.69 Å². The molecule has 0 aromatic carbocycles. The molecule has 0 spiro atoms. The van der Waals surface area contributed by atoms with E-state index in [4.69, 9.17) is 0 Å². The Labute approximate surface area is 65.9 Å². The van der Waals surface area contributed by atoms with Crippen molar-refractivity contribution in [2.75, 3.05) is 0 Å². The molecule has 0 saturated carbocycles. The zero-order valence-electron chi connectivity index (χ0n) is 4.25. The van der Waals surface area contributed by atoms with E-state index in [-0.39, 0.29) is 0 Å². The Morgan fingerprint density at radius 2 is 1.62 bits per heavy atom. The summed E-state index contributed by atoms with van der Waals surface area (Å²) < 4.78 is 9.64. The molecule has 0 aliphatic rings. The fourth-order valence-electron chi connectivity index (χ4n) is 0.216. The molecule has 0 aromatic heterocycles. The summed E-state index contributed by atoms with van der Waals surface area (Å²) in [5, 5.41) is 1.87. The van der Waals surface area contributed by atoms with Crippen LogP contribution in [0.3, 0.4) is 0 Å². The van der Waals surface area contributed by atoms with Gasteiger partial charge in [0.2, 0.25) is 0 Å². The molecule has 0 rings (SSSR count). The predicted molar refractivity (Wildman–Crippen MR) is 49.2 cm³/mol. The van der Waals surface area contributed by atoms with E-state index in [0.717, 1.165) is 7.04 Å². The molecule has 0 aliphatic carbocycles. The molecule has 1 nitrogen and oxygen atoms in total. The van der Waals surface area contributed by atoms with Gasteiger partial charge in [-0.25, -0.2) is 0 Å². The van der Waals surface area contributed by atoms with E-state index >= 15 is 0 Å². The van der Waals surface area contributed by atoms with E-state index < -0.39 is 0 Å². The molecule has 8 heteroatoms. The zero-order valence-corrected chi connectivity index (χ0v) is 6.41. The van der Waals surface area contributed by atoms with Crippen molar-refractivity contribution in [2.45, 2.75) is 0 Å². The standard InChI is InChI=1S/B6IO/c7-5-3-1-2-4-6-8. The van der Waals surface area contributed by atoms with E-state index in [2.05, 4.69) is 22.4 Å². The summed E-state index contributed by atoms with van der Waals surface area (Å²) in [6.07, 6.45) is 0. The van der Waals surface area contributed by atoms with Gasteiger partial charge in [-0.05, 0) is 0 Å². The number of hydrogen-bond donors (Lipinski definition) is 0. The maximum absolute atomic E-state index is 9.64. The Hall–Kier alpha value is 0.920. The monoisotopic (exact) mass is 209 g/mol. The predicted octanol–water partition coefficient (Wildman–Crippen LogP) is -1.52. The third kappa shape index (κ3) is 6.92. The summed E-state index contributed by atoms with van der Waals surface area (Å²) in [7, 11) is 0.748. The van der Waals surface area contributed by atoms with Gasteiger partial charge >= 0.3 is 65.9 Å². The number of rotatable bonds is 3. The molecule has 1 radical (unpaired) electrons. The van der Waals surface area contributed by atoms with E-state index in [1.807, 2.05) is 11.7 Å². The van der Waals surface area contributed by atoms with Gasteiger partial charge in [-0.2, -0.15) is 0 Å². The van der Waals surface area contributed by atoms with Gasteiger partial charge in [0.25, 0.3) is 0 Å². The Kier molecular flexibility index (Phi) is 8.83. The van der Waals surface area contributed by atoms with Gasteiger partial charge in [0.15, 0.2) is 0 Å². The first kappa shape index (κ1) is 8.92. The summed E-state index contributed by atoms with van der Waals surface area (Å²) in [4.78, 5) is 0. The molecular weight excluding hydrogens is 208 g/mol. The Bertz CT molecular complexity index is 105. The third-order valence-corrected chi connectivity index (χ3v) is 0.900. The van der Waals surface area contributed by atoms with E-state index in [0.29, 0.717) is 0 Å². The van der Waals surface area contributed by atoms with Gasteiger partial charge in [0, 0.05) is 0 Å². The van der Waals surface area contributed by atoms with Gasteiger partial charge in [0.05, 0.1) is 0 Å². The van der Waals surface area contributed by atoms with Crippen LogP contribution in [0.1, 0.15) is 0 Å². The molecule has 0 amide bonds. The van der Waals surface area contributed by atoms with Gasteiger partial charge < -0.3 is 0 Å². The van der Waals surface area contributed by atoms with Crippen LogP contribution in [0.5, 0.6) is 0 Å². The minimum atomic E-state index is 0.748. The molecule has 0 atom stereocenters. The van der Waals surface area contributed by atoms with Gasteiger partial charge in [-0.15, -0.1) is 0 Å². The summed E-state index contributed by atoms with van der Waals surface area (Å²) in [6.45, 7) is 6.76. The zero-order chi connectivity index (χ0) is 6.24. The van der Waals surface area contributed by atoms with Crippen LogP contribution in [-0.4, -0.2) is 38.8 Å². The Morgan fingerprint density at radius 3 is 2.12 bits per heavy atom. The molecule has 0 unspecified atom stereocenters. The van der Waals surface area contributed by atoms with Crippen LogP contribution in [0.2, 0.25) is 0 Å². The van der Waals surface area contributed by atoms with Crippen molar-refractivity contribution in [3.63, 3.8) is 0 Å². The normalized spacial score (nSPS) is 6.12. The van der Waals surface area contributed by atoms with Crippen LogP contribution in [0.15, 0.2) is 0 Å². The number of halogens is 1. The average Bonchev–Trinajstić information content (AvgIpc) is 1.81. The molecule has 0 aromatic rings. The Morgan fingerprint density at radius 1 is 1.00 bits per heavy atom. The van der Waals surface area contributed by atoms with Gasteiger partial charge in [-0.3, -0.25) is 0 Å². The second-order valence-corrected chi connectivity index (χ2v) is 1.75. The first-order chi connectivity index (χ1) is 3.91. The van der Waals surface area contributed by atoms with Crippen LogP contribution in [0.25, 0.3) is 0 Å². The van der Waals surface area contributed by atoms with Gasteiger partial charge in [0.1, 0.15) is 0 Å². The summed E-state index contributed by atoms with van der Waals surface area (Å²) in [5.41, 5.74) is 0. The fourth-order valence-corrected chi connectivity index (χ4v) is 0.455. The van der Waals surface area contributed by atoms with E-state index in [1.54, 1.807) is 13.4 Å². The van der Waals surface area contributed by atoms with Crippen LogP contribution >= 0.6 is 22.4 Å². The second-order valence-electron chi connectivity index (χ2n) is 1.03. The number of hydrogen-bond acceptors (Lipinski definition) is 1. The molecule has 31 valence electrons. The van der Waals surface area contributed by atoms with Crippen LogP contribution in [0, 0.1) is 0 Å². The van der Waals surface area contributed by atoms with Crippen LogP contribution in [-0.2, 0) is 4.70 Å². The first-order valence-electron chi connectivity index (χ1n) is 2.12. The van der Waals surface area contributed by atoms with Crippen molar-refractivity contribution in [3.05, 3.63) is 0 Å². The summed E-state index contributed by atoms with van der Waals surface area (Å²) in [6, 6.07) is 0. The Balaban J connectivity index is 3.26. The topological polar surface area (TPSA) is 17.1 Å². The fraction of sp³-hybridized carbons (Fsp3) is 0. The summed E-state index contributed by atoms with van der Waals surface area (Å²) >= 11 is 2.11. The van der Waals surface area contributed by atoms with Crippen molar-refractivity contribution >= 4 is 61.2 Å². The van der Waals surface area contributed by atoms with Crippen LogP contribution < -0.4 is 0 Å². The molecule has 0 fully saturated rings. The van der Waals surface area contributed by atoms with Crippen molar-refractivity contribution in [3.8, 4) is 0 Å². The molecule has 0 aliphatic heterocycles. The molecular formula is B6IO. The molecule has 8 heavy (non-hydrogen) atoms.